The molecule has 11 rings (SSSR count). The minimum absolute atomic E-state index is 0.863. The van der Waals surface area contributed by atoms with Crippen LogP contribution in [0.2, 0.25) is 0 Å². The molecule has 0 aliphatic rings. The van der Waals surface area contributed by atoms with Crippen molar-refractivity contribution in [3.05, 3.63) is 200 Å². The third-order valence-electron chi connectivity index (χ3n) is 10.8. The molecule has 0 atom stereocenters. The smallest absolute Gasteiger partial charge is 0.137 e. The molecule has 0 fully saturated rings. The van der Waals surface area contributed by atoms with Crippen LogP contribution in [-0.2, 0) is 0 Å². The van der Waals surface area contributed by atoms with Crippen LogP contribution >= 0.6 is 11.3 Å². The predicted molar refractivity (Wildman–Crippen MR) is 235 cm³/mol. The van der Waals surface area contributed by atoms with Crippen molar-refractivity contribution in [1.82, 2.24) is 0 Å². The van der Waals surface area contributed by atoms with E-state index in [0.29, 0.717) is 0 Å². The summed E-state index contributed by atoms with van der Waals surface area (Å²) in [5, 5.41) is 7.24. The van der Waals surface area contributed by atoms with Gasteiger partial charge in [-0.2, -0.15) is 0 Å². The van der Waals surface area contributed by atoms with Gasteiger partial charge in [0.05, 0.1) is 16.8 Å². The number of benzene rings is 9. The molecule has 0 unspecified atom stereocenters. The highest BCUT2D eigenvalue weighted by atomic mass is 32.1. The molecule has 11 aromatic rings. The standard InChI is InChI=1S/C52H33NOS/c1-2-13-35(14-3-1)42-28-26-40(38-25-24-34-12-4-5-15-36(34)30-38)33-47(42)53(46-20-11-22-49-52(46)44-19-6-8-21-48(44)54-49)41-17-10-16-37(31-41)39-27-29-51-45(32-39)43-18-7-9-23-50(43)55-51/h1-33H. The number of furan rings is 1. The molecular formula is C52H33NOS. The first-order valence-corrected chi connectivity index (χ1v) is 19.5. The summed E-state index contributed by atoms with van der Waals surface area (Å²) in [6, 6.07) is 72.4. The Morgan fingerprint density at radius 1 is 0.364 bits per heavy atom. The van der Waals surface area contributed by atoms with Crippen molar-refractivity contribution < 1.29 is 4.42 Å². The Bertz CT molecular complexity index is 3230. The summed E-state index contributed by atoms with van der Waals surface area (Å²) in [6.45, 7) is 0. The van der Waals surface area contributed by atoms with Crippen molar-refractivity contribution in [1.29, 1.82) is 0 Å². The Kier molecular flexibility index (Phi) is 7.39. The van der Waals surface area contributed by atoms with Crippen LogP contribution in [0.5, 0.6) is 0 Å². The second kappa shape index (κ2) is 12.9. The number of para-hydroxylation sites is 1. The SMILES string of the molecule is c1ccc(-c2ccc(-c3ccc4ccccc4c3)cc2N(c2cccc(-c3ccc4sc5ccccc5c4c3)c2)c2cccc3oc4ccccc4c23)cc1. The Labute approximate surface area is 322 Å². The lowest BCUT2D eigenvalue weighted by Gasteiger charge is -2.29. The van der Waals surface area contributed by atoms with Crippen molar-refractivity contribution in [2.45, 2.75) is 0 Å². The fraction of sp³-hybridized carbons (Fsp3) is 0. The molecule has 2 aromatic heterocycles. The first-order valence-electron chi connectivity index (χ1n) is 18.7. The Hall–Kier alpha value is -6.94. The van der Waals surface area contributed by atoms with Crippen LogP contribution in [0, 0.1) is 0 Å². The Morgan fingerprint density at radius 3 is 1.95 bits per heavy atom. The van der Waals surface area contributed by atoms with Crippen molar-refractivity contribution >= 4 is 81.3 Å². The second-order valence-electron chi connectivity index (χ2n) is 14.1. The molecule has 0 radical (unpaired) electrons. The average Bonchev–Trinajstić information content (AvgIpc) is 3.83. The van der Waals surface area contributed by atoms with Crippen LogP contribution in [0.1, 0.15) is 0 Å². The van der Waals surface area contributed by atoms with E-state index in [1.54, 1.807) is 0 Å². The molecule has 2 heterocycles. The van der Waals surface area contributed by atoms with Gasteiger partial charge in [0, 0.05) is 36.8 Å². The van der Waals surface area contributed by atoms with Crippen molar-refractivity contribution in [3.8, 4) is 33.4 Å². The summed E-state index contributed by atoms with van der Waals surface area (Å²) in [7, 11) is 0. The van der Waals surface area contributed by atoms with Gasteiger partial charge in [0.2, 0.25) is 0 Å². The Balaban J connectivity index is 1.18. The van der Waals surface area contributed by atoms with Crippen molar-refractivity contribution in [2.24, 2.45) is 0 Å². The average molecular weight is 720 g/mol. The topological polar surface area (TPSA) is 16.4 Å². The number of anilines is 3. The summed E-state index contributed by atoms with van der Waals surface area (Å²) < 4.78 is 9.12. The largest absolute Gasteiger partial charge is 0.456 e. The summed E-state index contributed by atoms with van der Waals surface area (Å²) in [6.07, 6.45) is 0. The first kappa shape index (κ1) is 31.6. The first-order chi connectivity index (χ1) is 27.2. The molecule has 9 aromatic carbocycles. The van der Waals surface area contributed by atoms with Crippen LogP contribution in [0.3, 0.4) is 0 Å². The van der Waals surface area contributed by atoms with Crippen molar-refractivity contribution in [3.63, 3.8) is 0 Å². The molecule has 0 saturated heterocycles. The fourth-order valence-electron chi connectivity index (χ4n) is 8.21. The number of thiophene rings is 1. The van der Waals surface area contributed by atoms with E-state index in [-0.39, 0.29) is 0 Å². The zero-order valence-corrected chi connectivity index (χ0v) is 30.6. The quantitative estimate of drug-likeness (QED) is 0.170. The van der Waals surface area contributed by atoms with Crippen LogP contribution < -0.4 is 4.90 Å². The Morgan fingerprint density at radius 2 is 1.02 bits per heavy atom. The molecule has 0 aliphatic heterocycles. The van der Waals surface area contributed by atoms with Crippen LogP contribution in [0.15, 0.2) is 205 Å². The van der Waals surface area contributed by atoms with Gasteiger partial charge in [-0.05, 0) is 99.3 Å². The fourth-order valence-corrected chi connectivity index (χ4v) is 9.29. The lowest BCUT2D eigenvalue weighted by Crippen LogP contribution is -2.12. The van der Waals surface area contributed by atoms with Crippen molar-refractivity contribution in [2.75, 3.05) is 4.90 Å². The molecule has 0 spiro atoms. The zero-order chi connectivity index (χ0) is 36.3. The van der Waals surface area contributed by atoms with E-state index in [9.17, 15) is 0 Å². The van der Waals surface area contributed by atoms with E-state index >= 15 is 0 Å². The summed E-state index contributed by atoms with van der Waals surface area (Å²) in [5.74, 6) is 0. The van der Waals surface area contributed by atoms with E-state index in [2.05, 4.69) is 199 Å². The van der Waals surface area contributed by atoms with Gasteiger partial charge in [-0.1, -0.05) is 140 Å². The molecular weight excluding hydrogens is 687 g/mol. The number of hydrogen-bond donors (Lipinski definition) is 0. The van der Waals surface area contributed by atoms with Gasteiger partial charge in [0.15, 0.2) is 0 Å². The number of nitrogens with zero attached hydrogens (tertiary/aromatic N) is 1. The van der Waals surface area contributed by atoms with E-state index in [0.717, 1.165) is 61.3 Å². The molecule has 55 heavy (non-hydrogen) atoms. The van der Waals surface area contributed by atoms with Crippen LogP contribution in [0.4, 0.5) is 17.1 Å². The van der Waals surface area contributed by atoms with Gasteiger partial charge < -0.3 is 9.32 Å². The molecule has 0 saturated carbocycles. The number of fused-ring (bicyclic) bond motifs is 7. The summed E-state index contributed by atoms with van der Waals surface area (Å²) >= 11 is 1.85. The molecule has 0 N–H and O–H groups in total. The molecule has 0 aliphatic carbocycles. The second-order valence-corrected chi connectivity index (χ2v) is 15.2. The predicted octanol–water partition coefficient (Wildman–Crippen LogP) is 15.6. The third-order valence-corrected chi connectivity index (χ3v) is 12.0. The van der Waals surface area contributed by atoms with E-state index < -0.39 is 0 Å². The number of rotatable bonds is 6. The van der Waals surface area contributed by atoms with E-state index in [1.807, 2.05) is 17.4 Å². The lowest BCUT2D eigenvalue weighted by atomic mass is 9.95. The normalized spacial score (nSPS) is 11.6. The van der Waals surface area contributed by atoms with Gasteiger partial charge in [0.1, 0.15) is 11.2 Å². The van der Waals surface area contributed by atoms with E-state index in [1.165, 1.54) is 42.1 Å². The summed E-state index contributed by atoms with van der Waals surface area (Å²) in [5.41, 5.74) is 11.9. The highest BCUT2D eigenvalue weighted by Crippen LogP contribution is 2.48. The highest BCUT2D eigenvalue weighted by molar-refractivity contribution is 7.25. The van der Waals surface area contributed by atoms with Gasteiger partial charge in [-0.25, -0.2) is 0 Å². The van der Waals surface area contributed by atoms with Crippen LogP contribution in [0.25, 0.3) is 86.3 Å². The maximum atomic E-state index is 6.50. The van der Waals surface area contributed by atoms with E-state index in [4.69, 9.17) is 4.42 Å². The third kappa shape index (κ3) is 5.40. The monoisotopic (exact) mass is 719 g/mol. The molecule has 0 bridgehead atoms. The van der Waals surface area contributed by atoms with Gasteiger partial charge in [0.25, 0.3) is 0 Å². The number of hydrogen-bond acceptors (Lipinski definition) is 3. The maximum absolute atomic E-state index is 6.50. The lowest BCUT2D eigenvalue weighted by molar-refractivity contribution is 0.669. The molecule has 2 nitrogen and oxygen atoms in total. The maximum Gasteiger partial charge on any atom is 0.137 e. The molecule has 3 heteroatoms. The van der Waals surface area contributed by atoms with Gasteiger partial charge >= 0.3 is 0 Å². The zero-order valence-electron chi connectivity index (χ0n) is 29.8. The highest BCUT2D eigenvalue weighted by Gasteiger charge is 2.23. The minimum Gasteiger partial charge on any atom is -0.456 e. The van der Waals surface area contributed by atoms with Crippen LogP contribution in [-0.4, -0.2) is 0 Å². The minimum atomic E-state index is 0.863. The van der Waals surface area contributed by atoms with Gasteiger partial charge in [-0.15, -0.1) is 11.3 Å². The summed E-state index contributed by atoms with van der Waals surface area (Å²) in [4.78, 5) is 2.44. The molecule has 0 amide bonds. The van der Waals surface area contributed by atoms with Gasteiger partial charge in [-0.3, -0.25) is 0 Å². The molecule has 258 valence electrons.